The van der Waals surface area contributed by atoms with E-state index >= 15 is 0 Å². The van der Waals surface area contributed by atoms with Crippen LogP contribution in [0.2, 0.25) is 0 Å². The maximum absolute atomic E-state index is 10.8. The summed E-state index contributed by atoms with van der Waals surface area (Å²) >= 11 is 1.85. The predicted molar refractivity (Wildman–Crippen MR) is 70.8 cm³/mol. The summed E-state index contributed by atoms with van der Waals surface area (Å²) in [5.41, 5.74) is 2.61. The quantitative estimate of drug-likeness (QED) is 0.760. The molecule has 1 aromatic carbocycles. The Balaban J connectivity index is 2.46. The molecule has 0 aromatic heterocycles. The highest BCUT2D eigenvalue weighted by Gasteiger charge is 2.05. The summed E-state index contributed by atoms with van der Waals surface area (Å²) in [6, 6.07) is 5.30. The molecule has 0 heterocycles. The van der Waals surface area contributed by atoms with E-state index < -0.39 is 5.97 Å². The average molecular weight is 254 g/mol. The number of ether oxygens (including phenoxy) is 1. The van der Waals surface area contributed by atoms with Gasteiger partial charge in [0.05, 0.1) is 5.56 Å². The third-order valence-electron chi connectivity index (χ3n) is 2.48. The fourth-order valence-electron chi connectivity index (χ4n) is 1.48. The molecule has 0 spiro atoms. The van der Waals surface area contributed by atoms with E-state index in [0.717, 1.165) is 30.1 Å². The molecule has 0 aliphatic heterocycles. The Morgan fingerprint density at radius 3 is 2.82 bits per heavy atom. The normalized spacial score (nSPS) is 10.5. The van der Waals surface area contributed by atoms with E-state index in [1.807, 2.05) is 24.8 Å². The number of hydrogen-bond donors (Lipinski definition) is 1. The molecule has 0 bridgehead atoms. The van der Waals surface area contributed by atoms with Crippen LogP contribution in [0.3, 0.4) is 0 Å². The van der Waals surface area contributed by atoms with Crippen LogP contribution in [0.5, 0.6) is 0 Å². The van der Waals surface area contributed by atoms with Crippen molar-refractivity contribution in [1.82, 2.24) is 0 Å². The van der Waals surface area contributed by atoms with Gasteiger partial charge in [-0.1, -0.05) is 6.07 Å². The molecule has 0 saturated heterocycles. The van der Waals surface area contributed by atoms with E-state index in [2.05, 4.69) is 0 Å². The summed E-state index contributed by atoms with van der Waals surface area (Å²) in [4.78, 5) is 10.8. The van der Waals surface area contributed by atoms with Crippen molar-refractivity contribution in [2.45, 2.75) is 19.1 Å². The Labute approximate surface area is 106 Å². The number of aryl methyl sites for hydroxylation is 1. The Morgan fingerprint density at radius 1 is 1.47 bits per heavy atom. The topological polar surface area (TPSA) is 46.5 Å². The fourth-order valence-corrected chi connectivity index (χ4v) is 2.49. The number of rotatable bonds is 7. The van der Waals surface area contributed by atoms with Crippen molar-refractivity contribution in [3.63, 3.8) is 0 Å². The zero-order valence-electron chi connectivity index (χ0n) is 10.2. The van der Waals surface area contributed by atoms with Crippen LogP contribution in [0, 0.1) is 6.92 Å². The van der Waals surface area contributed by atoms with E-state index in [1.165, 1.54) is 5.56 Å². The molecule has 1 aromatic rings. The van der Waals surface area contributed by atoms with Gasteiger partial charge in [0.25, 0.3) is 0 Å². The largest absolute Gasteiger partial charge is 0.478 e. The van der Waals surface area contributed by atoms with Crippen molar-refractivity contribution in [3.05, 3.63) is 34.9 Å². The first kappa shape index (κ1) is 14.1. The zero-order valence-corrected chi connectivity index (χ0v) is 11.0. The monoisotopic (exact) mass is 254 g/mol. The van der Waals surface area contributed by atoms with Crippen LogP contribution in [0.15, 0.2) is 18.2 Å². The molecule has 0 atom stereocenters. The van der Waals surface area contributed by atoms with Crippen molar-refractivity contribution in [2.24, 2.45) is 0 Å². The molecular weight excluding hydrogens is 236 g/mol. The number of carboxylic acids is 1. The van der Waals surface area contributed by atoms with Gasteiger partial charge in [0.15, 0.2) is 0 Å². The van der Waals surface area contributed by atoms with Gasteiger partial charge in [-0.05, 0) is 42.4 Å². The highest BCUT2D eigenvalue weighted by molar-refractivity contribution is 7.98. The predicted octanol–water partition coefficient (Wildman–Crippen LogP) is 2.96. The average Bonchev–Trinajstić information content (AvgIpc) is 2.30. The van der Waals surface area contributed by atoms with E-state index in [9.17, 15) is 4.79 Å². The minimum Gasteiger partial charge on any atom is -0.478 e. The molecule has 1 N–H and O–H groups in total. The van der Waals surface area contributed by atoms with Gasteiger partial charge in [-0.25, -0.2) is 4.79 Å². The zero-order chi connectivity index (χ0) is 12.7. The lowest BCUT2D eigenvalue weighted by molar-refractivity contribution is 0.0697. The van der Waals surface area contributed by atoms with Gasteiger partial charge >= 0.3 is 5.97 Å². The summed E-state index contributed by atoms with van der Waals surface area (Å²) in [5, 5.41) is 8.85. The molecular formula is C13H18O3S. The van der Waals surface area contributed by atoms with Gasteiger partial charge in [-0.2, -0.15) is 11.8 Å². The number of carbonyl (C=O) groups is 1. The first-order valence-corrected chi connectivity index (χ1v) is 6.70. The molecule has 17 heavy (non-hydrogen) atoms. The van der Waals surface area contributed by atoms with Crippen LogP contribution < -0.4 is 0 Å². The fraction of sp³-hybridized carbons (Fsp3) is 0.462. The van der Waals surface area contributed by atoms with E-state index in [1.54, 1.807) is 19.2 Å². The first-order chi connectivity index (χ1) is 8.15. The highest BCUT2D eigenvalue weighted by atomic mass is 32.2. The molecule has 94 valence electrons. The number of carboxylic acid groups (broad SMARTS) is 1. The molecule has 0 fully saturated rings. The molecule has 0 radical (unpaired) electrons. The maximum atomic E-state index is 10.8. The summed E-state index contributed by atoms with van der Waals surface area (Å²) in [6.45, 7) is 2.75. The van der Waals surface area contributed by atoms with Crippen LogP contribution in [0.1, 0.15) is 27.9 Å². The van der Waals surface area contributed by atoms with Crippen molar-refractivity contribution >= 4 is 17.7 Å². The molecule has 0 amide bonds. The minimum atomic E-state index is -0.868. The standard InChI is InChI=1S/C13H18O3S/c1-10-8-11(13(14)15)4-5-12(10)9-17-7-3-6-16-2/h4-5,8H,3,6-7,9H2,1-2H3,(H,14,15). The Hall–Kier alpha value is -1.00. The Morgan fingerprint density at radius 2 is 2.24 bits per heavy atom. The van der Waals surface area contributed by atoms with Crippen LogP contribution in [-0.2, 0) is 10.5 Å². The van der Waals surface area contributed by atoms with Crippen molar-refractivity contribution in [1.29, 1.82) is 0 Å². The van der Waals surface area contributed by atoms with Gasteiger partial charge in [-0.3, -0.25) is 0 Å². The first-order valence-electron chi connectivity index (χ1n) is 5.54. The van der Waals surface area contributed by atoms with Crippen LogP contribution >= 0.6 is 11.8 Å². The molecule has 0 unspecified atom stereocenters. The molecule has 3 nitrogen and oxygen atoms in total. The third-order valence-corrected chi connectivity index (χ3v) is 3.58. The Bertz CT molecular complexity index is 377. The molecule has 1 rings (SSSR count). The van der Waals surface area contributed by atoms with Crippen LogP contribution in [-0.4, -0.2) is 30.5 Å². The van der Waals surface area contributed by atoms with Gasteiger partial charge < -0.3 is 9.84 Å². The number of benzene rings is 1. The number of methoxy groups -OCH3 is 1. The van der Waals surface area contributed by atoms with Crippen LogP contribution in [0.25, 0.3) is 0 Å². The molecule has 0 saturated carbocycles. The van der Waals surface area contributed by atoms with Crippen molar-refractivity contribution < 1.29 is 14.6 Å². The number of hydrogen-bond acceptors (Lipinski definition) is 3. The number of aromatic carboxylic acids is 1. The maximum Gasteiger partial charge on any atom is 0.335 e. The smallest absolute Gasteiger partial charge is 0.335 e. The van der Waals surface area contributed by atoms with Gasteiger partial charge in [-0.15, -0.1) is 0 Å². The molecule has 0 aliphatic carbocycles. The lowest BCUT2D eigenvalue weighted by atomic mass is 10.1. The molecule has 4 heteroatoms. The highest BCUT2D eigenvalue weighted by Crippen LogP contribution is 2.18. The summed E-state index contributed by atoms with van der Waals surface area (Å²) in [6.07, 6.45) is 1.05. The SMILES string of the molecule is COCCCSCc1ccc(C(=O)O)cc1C. The summed E-state index contributed by atoms with van der Waals surface area (Å²) < 4.78 is 4.98. The van der Waals surface area contributed by atoms with E-state index in [-0.39, 0.29) is 0 Å². The second kappa shape index (κ2) is 7.35. The van der Waals surface area contributed by atoms with E-state index in [4.69, 9.17) is 9.84 Å². The minimum absolute atomic E-state index is 0.357. The van der Waals surface area contributed by atoms with Gasteiger partial charge in [0, 0.05) is 19.5 Å². The lowest BCUT2D eigenvalue weighted by Crippen LogP contribution is -1.98. The summed E-state index contributed by atoms with van der Waals surface area (Å²) in [5.74, 6) is 1.12. The van der Waals surface area contributed by atoms with E-state index in [0.29, 0.717) is 5.56 Å². The summed E-state index contributed by atoms with van der Waals surface area (Å²) in [7, 11) is 1.71. The number of thioether (sulfide) groups is 1. The van der Waals surface area contributed by atoms with Crippen molar-refractivity contribution in [3.8, 4) is 0 Å². The second-order valence-electron chi connectivity index (χ2n) is 3.85. The second-order valence-corrected chi connectivity index (χ2v) is 4.95. The Kier molecular flexibility index (Phi) is 6.08. The van der Waals surface area contributed by atoms with Gasteiger partial charge in [0.2, 0.25) is 0 Å². The molecule has 0 aliphatic rings. The van der Waals surface area contributed by atoms with Crippen molar-refractivity contribution in [2.75, 3.05) is 19.5 Å². The lowest BCUT2D eigenvalue weighted by Gasteiger charge is -2.06. The van der Waals surface area contributed by atoms with Gasteiger partial charge in [0.1, 0.15) is 0 Å². The third kappa shape index (κ3) is 4.79. The van der Waals surface area contributed by atoms with Crippen LogP contribution in [0.4, 0.5) is 0 Å².